The van der Waals surface area contributed by atoms with Gasteiger partial charge in [0.1, 0.15) is 11.5 Å². The van der Waals surface area contributed by atoms with E-state index in [0.29, 0.717) is 27.8 Å². The van der Waals surface area contributed by atoms with Crippen LogP contribution in [0.4, 0.5) is 5.69 Å². The largest absolute Gasteiger partial charge is 0.455 e. The van der Waals surface area contributed by atoms with Gasteiger partial charge in [-0.25, -0.2) is 0 Å². The zero-order valence-electron chi connectivity index (χ0n) is 11.0. The lowest BCUT2D eigenvalue weighted by Gasteiger charge is -2.11. The summed E-state index contributed by atoms with van der Waals surface area (Å²) >= 11 is 5.88. The molecule has 0 heterocycles. The van der Waals surface area contributed by atoms with Crippen LogP contribution >= 0.6 is 11.6 Å². The highest BCUT2D eigenvalue weighted by atomic mass is 35.5. The number of nitrogen functional groups attached to an aromatic ring is 1. The van der Waals surface area contributed by atoms with E-state index in [1.165, 1.54) is 0 Å². The smallest absolute Gasteiger partial charge is 0.150 e. The SMILES string of the molecule is N#Cc1ccc(Oc2ccc(Cl)cc2N)c2ccccc12. The molecule has 0 amide bonds. The van der Waals surface area contributed by atoms with E-state index in [1.54, 1.807) is 30.3 Å². The van der Waals surface area contributed by atoms with Gasteiger partial charge in [-0.15, -0.1) is 0 Å². The molecule has 4 heteroatoms. The first-order valence-electron chi connectivity index (χ1n) is 6.34. The van der Waals surface area contributed by atoms with Gasteiger partial charge in [-0.1, -0.05) is 35.9 Å². The molecule has 0 radical (unpaired) electrons. The summed E-state index contributed by atoms with van der Waals surface area (Å²) in [5, 5.41) is 11.4. The lowest BCUT2D eigenvalue weighted by Crippen LogP contribution is -1.93. The van der Waals surface area contributed by atoms with Crippen molar-refractivity contribution in [3.63, 3.8) is 0 Å². The van der Waals surface area contributed by atoms with Crippen molar-refractivity contribution in [2.24, 2.45) is 0 Å². The summed E-state index contributed by atoms with van der Waals surface area (Å²) in [5.74, 6) is 1.19. The molecule has 0 atom stereocenters. The van der Waals surface area contributed by atoms with Crippen LogP contribution in [0.1, 0.15) is 5.56 Å². The normalized spacial score (nSPS) is 10.3. The van der Waals surface area contributed by atoms with Crippen molar-refractivity contribution < 1.29 is 4.74 Å². The van der Waals surface area contributed by atoms with Crippen LogP contribution in [-0.4, -0.2) is 0 Å². The first kappa shape index (κ1) is 13.3. The monoisotopic (exact) mass is 294 g/mol. The van der Waals surface area contributed by atoms with Gasteiger partial charge in [0.15, 0.2) is 0 Å². The van der Waals surface area contributed by atoms with Crippen LogP contribution in [0, 0.1) is 11.3 Å². The maximum absolute atomic E-state index is 9.17. The number of benzene rings is 3. The lowest BCUT2D eigenvalue weighted by atomic mass is 10.0. The zero-order chi connectivity index (χ0) is 14.8. The molecule has 0 fully saturated rings. The lowest BCUT2D eigenvalue weighted by molar-refractivity contribution is 0.491. The molecule has 0 spiro atoms. The molecule has 0 unspecified atom stereocenters. The molecular formula is C17H11ClN2O. The Morgan fingerprint density at radius 2 is 1.67 bits per heavy atom. The fourth-order valence-electron chi connectivity index (χ4n) is 2.19. The number of nitrogens with zero attached hydrogens (tertiary/aromatic N) is 1. The highest BCUT2D eigenvalue weighted by molar-refractivity contribution is 6.30. The van der Waals surface area contributed by atoms with Gasteiger partial charge in [0.25, 0.3) is 0 Å². The third-order valence-electron chi connectivity index (χ3n) is 3.20. The first-order chi connectivity index (χ1) is 10.2. The number of hydrogen-bond donors (Lipinski definition) is 1. The quantitative estimate of drug-likeness (QED) is 0.694. The second kappa shape index (κ2) is 5.35. The van der Waals surface area contributed by atoms with E-state index in [1.807, 2.05) is 24.3 Å². The molecule has 0 aliphatic rings. The van der Waals surface area contributed by atoms with Gasteiger partial charge < -0.3 is 10.5 Å². The van der Waals surface area contributed by atoms with Crippen molar-refractivity contribution in [1.82, 2.24) is 0 Å². The Morgan fingerprint density at radius 3 is 2.38 bits per heavy atom. The highest BCUT2D eigenvalue weighted by Crippen LogP contribution is 2.35. The Balaban J connectivity index is 2.12. The topological polar surface area (TPSA) is 59.0 Å². The van der Waals surface area contributed by atoms with Crippen LogP contribution < -0.4 is 10.5 Å². The highest BCUT2D eigenvalue weighted by Gasteiger charge is 2.09. The summed E-state index contributed by atoms with van der Waals surface area (Å²) in [4.78, 5) is 0. The fraction of sp³-hybridized carbons (Fsp3) is 0. The summed E-state index contributed by atoms with van der Waals surface area (Å²) in [7, 11) is 0. The number of ether oxygens (including phenoxy) is 1. The number of fused-ring (bicyclic) bond motifs is 1. The van der Waals surface area contributed by atoms with Crippen molar-refractivity contribution in [1.29, 1.82) is 5.26 Å². The molecule has 0 saturated carbocycles. The molecule has 0 aromatic heterocycles. The van der Waals surface area contributed by atoms with Gasteiger partial charge in [-0.3, -0.25) is 0 Å². The maximum atomic E-state index is 9.17. The molecule has 0 saturated heterocycles. The number of nitrogens with two attached hydrogens (primary N) is 1. The molecule has 102 valence electrons. The summed E-state index contributed by atoms with van der Waals surface area (Å²) < 4.78 is 5.88. The van der Waals surface area contributed by atoms with Gasteiger partial charge in [0.2, 0.25) is 0 Å². The summed E-state index contributed by atoms with van der Waals surface area (Å²) in [5.41, 5.74) is 6.99. The number of rotatable bonds is 2. The van der Waals surface area contributed by atoms with Crippen LogP contribution in [0.5, 0.6) is 11.5 Å². The molecule has 3 nitrogen and oxygen atoms in total. The van der Waals surface area contributed by atoms with Crippen molar-refractivity contribution in [3.05, 3.63) is 65.2 Å². The fourth-order valence-corrected chi connectivity index (χ4v) is 2.37. The Kier molecular flexibility index (Phi) is 3.39. The van der Waals surface area contributed by atoms with Crippen LogP contribution in [-0.2, 0) is 0 Å². The first-order valence-corrected chi connectivity index (χ1v) is 6.71. The van der Waals surface area contributed by atoms with E-state index >= 15 is 0 Å². The van der Waals surface area contributed by atoms with Crippen molar-refractivity contribution in [3.8, 4) is 17.6 Å². The number of anilines is 1. The van der Waals surface area contributed by atoms with Crippen LogP contribution in [0.2, 0.25) is 5.02 Å². The number of hydrogen-bond acceptors (Lipinski definition) is 3. The molecule has 2 N–H and O–H groups in total. The summed E-state index contributed by atoms with van der Waals surface area (Å²) in [6.07, 6.45) is 0. The number of nitriles is 1. The second-order valence-electron chi connectivity index (χ2n) is 4.55. The van der Waals surface area contributed by atoms with Crippen molar-refractivity contribution in [2.75, 3.05) is 5.73 Å². The van der Waals surface area contributed by atoms with Crippen LogP contribution in [0.15, 0.2) is 54.6 Å². The summed E-state index contributed by atoms with van der Waals surface area (Å²) in [6.45, 7) is 0. The average molecular weight is 295 g/mol. The van der Waals surface area contributed by atoms with E-state index in [0.717, 1.165) is 10.8 Å². The van der Waals surface area contributed by atoms with Gasteiger partial charge >= 0.3 is 0 Å². The minimum absolute atomic E-state index is 0.468. The average Bonchev–Trinajstić information content (AvgIpc) is 2.50. The minimum Gasteiger partial charge on any atom is -0.455 e. The zero-order valence-corrected chi connectivity index (χ0v) is 11.8. The molecule has 3 rings (SSSR count). The Morgan fingerprint density at radius 1 is 0.952 bits per heavy atom. The molecule has 0 aliphatic heterocycles. The Bertz CT molecular complexity index is 868. The third-order valence-corrected chi connectivity index (χ3v) is 3.43. The predicted molar refractivity (Wildman–Crippen MR) is 84.6 cm³/mol. The number of halogens is 1. The molecule has 0 bridgehead atoms. The minimum atomic E-state index is 0.468. The summed E-state index contributed by atoms with van der Waals surface area (Å²) in [6, 6.07) is 18.4. The molecular weight excluding hydrogens is 284 g/mol. The Hall–Kier alpha value is -2.70. The van der Waals surface area contributed by atoms with Gasteiger partial charge in [0, 0.05) is 15.8 Å². The van der Waals surface area contributed by atoms with E-state index in [-0.39, 0.29) is 0 Å². The van der Waals surface area contributed by atoms with Gasteiger partial charge in [-0.05, 0) is 30.3 Å². The predicted octanol–water partition coefficient (Wildman–Crippen LogP) is 4.74. The van der Waals surface area contributed by atoms with E-state index in [9.17, 15) is 0 Å². The van der Waals surface area contributed by atoms with Gasteiger partial charge in [0.05, 0.1) is 17.3 Å². The molecule has 3 aromatic rings. The Labute approximate surface area is 127 Å². The van der Waals surface area contributed by atoms with Crippen LogP contribution in [0.25, 0.3) is 10.8 Å². The standard InChI is InChI=1S/C17H11ClN2O/c18-12-6-8-17(15(20)9-12)21-16-7-5-11(10-19)13-3-1-2-4-14(13)16/h1-9H,20H2. The van der Waals surface area contributed by atoms with E-state index < -0.39 is 0 Å². The molecule has 21 heavy (non-hydrogen) atoms. The maximum Gasteiger partial charge on any atom is 0.150 e. The van der Waals surface area contributed by atoms with Crippen molar-refractivity contribution >= 4 is 28.1 Å². The third kappa shape index (κ3) is 2.49. The molecule has 0 aliphatic carbocycles. The van der Waals surface area contributed by atoms with E-state index in [2.05, 4.69) is 6.07 Å². The van der Waals surface area contributed by atoms with Gasteiger partial charge in [-0.2, -0.15) is 5.26 Å². The van der Waals surface area contributed by atoms with Crippen molar-refractivity contribution in [2.45, 2.75) is 0 Å². The van der Waals surface area contributed by atoms with Crippen LogP contribution in [0.3, 0.4) is 0 Å². The second-order valence-corrected chi connectivity index (χ2v) is 4.99. The molecule has 3 aromatic carbocycles. The van der Waals surface area contributed by atoms with E-state index in [4.69, 9.17) is 27.3 Å².